The van der Waals surface area contributed by atoms with Gasteiger partial charge in [-0.05, 0) is 48.1 Å². The molecule has 26 heavy (non-hydrogen) atoms. The number of ether oxygens (including phenoxy) is 2. The van der Waals surface area contributed by atoms with Gasteiger partial charge in [-0.25, -0.2) is 4.79 Å². The van der Waals surface area contributed by atoms with E-state index in [0.29, 0.717) is 30.4 Å². The molecule has 0 atom stereocenters. The summed E-state index contributed by atoms with van der Waals surface area (Å²) in [4.78, 5) is 12.3. The Morgan fingerprint density at radius 1 is 1.08 bits per heavy atom. The zero-order chi connectivity index (χ0) is 19.1. The number of amides is 2. The molecule has 0 fully saturated rings. The summed E-state index contributed by atoms with van der Waals surface area (Å²) in [5.41, 5.74) is 4.17. The van der Waals surface area contributed by atoms with Gasteiger partial charge in [-0.1, -0.05) is 38.1 Å². The van der Waals surface area contributed by atoms with Gasteiger partial charge in [0.05, 0.1) is 14.2 Å². The molecule has 0 radical (unpaired) electrons. The summed E-state index contributed by atoms with van der Waals surface area (Å²) in [7, 11) is 3.22. The Morgan fingerprint density at radius 2 is 1.81 bits per heavy atom. The minimum absolute atomic E-state index is 0.193. The van der Waals surface area contributed by atoms with Crippen molar-refractivity contribution in [1.82, 2.24) is 5.32 Å². The van der Waals surface area contributed by atoms with Crippen LogP contribution in [0.3, 0.4) is 0 Å². The van der Waals surface area contributed by atoms with Crippen LogP contribution in [0.1, 0.15) is 36.5 Å². The molecule has 0 bridgehead atoms. The summed E-state index contributed by atoms with van der Waals surface area (Å²) in [5.74, 6) is 1.73. The fraction of sp³-hybridized carbons (Fsp3) is 0.381. The van der Waals surface area contributed by atoms with E-state index in [4.69, 9.17) is 9.47 Å². The number of methoxy groups -OCH3 is 2. The lowest BCUT2D eigenvalue weighted by Crippen LogP contribution is -2.31. The van der Waals surface area contributed by atoms with E-state index < -0.39 is 0 Å². The molecule has 0 aliphatic heterocycles. The largest absolute Gasteiger partial charge is 0.493 e. The van der Waals surface area contributed by atoms with Crippen molar-refractivity contribution in [2.45, 2.75) is 33.1 Å². The second kappa shape index (κ2) is 9.13. The Kier molecular flexibility index (Phi) is 6.89. The molecule has 0 heterocycles. The van der Waals surface area contributed by atoms with Gasteiger partial charge >= 0.3 is 6.03 Å². The number of hydrogen-bond donors (Lipinski definition) is 2. The quantitative estimate of drug-likeness (QED) is 0.768. The van der Waals surface area contributed by atoms with Crippen molar-refractivity contribution < 1.29 is 14.3 Å². The molecule has 2 aromatic rings. The first-order valence-electron chi connectivity index (χ1n) is 8.81. The molecular formula is C21H28N2O3. The maximum Gasteiger partial charge on any atom is 0.319 e. The molecule has 2 amide bonds. The lowest BCUT2D eigenvalue weighted by Gasteiger charge is -2.17. The van der Waals surface area contributed by atoms with Gasteiger partial charge in [0.25, 0.3) is 0 Å². The Balaban J connectivity index is 1.94. The van der Waals surface area contributed by atoms with Gasteiger partial charge in [-0.15, -0.1) is 0 Å². The van der Waals surface area contributed by atoms with E-state index in [1.54, 1.807) is 14.2 Å². The average Bonchev–Trinajstić information content (AvgIpc) is 2.63. The Labute approximate surface area is 155 Å². The first-order valence-corrected chi connectivity index (χ1v) is 8.81. The third-order valence-corrected chi connectivity index (χ3v) is 4.31. The molecule has 0 saturated heterocycles. The zero-order valence-corrected chi connectivity index (χ0v) is 16.2. The van der Waals surface area contributed by atoms with Crippen LogP contribution in [0.15, 0.2) is 36.4 Å². The number of carbonyl (C=O) groups excluding carboxylic acids is 1. The van der Waals surface area contributed by atoms with Crippen LogP contribution in [0.2, 0.25) is 0 Å². The minimum Gasteiger partial charge on any atom is -0.493 e. The summed E-state index contributed by atoms with van der Waals surface area (Å²) in [6.45, 7) is 6.78. The summed E-state index contributed by atoms with van der Waals surface area (Å²) < 4.78 is 10.5. The highest BCUT2D eigenvalue weighted by Crippen LogP contribution is 2.28. The van der Waals surface area contributed by atoms with E-state index in [-0.39, 0.29) is 6.03 Å². The maximum absolute atomic E-state index is 12.3. The monoisotopic (exact) mass is 356 g/mol. The number of benzene rings is 2. The van der Waals surface area contributed by atoms with Crippen LogP contribution in [-0.4, -0.2) is 26.8 Å². The number of para-hydroxylation sites is 1. The van der Waals surface area contributed by atoms with E-state index in [1.807, 2.05) is 37.3 Å². The molecule has 2 rings (SSSR count). The third kappa shape index (κ3) is 4.91. The highest BCUT2D eigenvalue weighted by atomic mass is 16.5. The SMILES string of the molecule is COc1ccc(CCNC(=O)Nc2c(C)cccc2C(C)C)cc1OC. The van der Waals surface area contributed by atoms with Crippen LogP contribution in [0.25, 0.3) is 0 Å². The minimum atomic E-state index is -0.193. The van der Waals surface area contributed by atoms with Gasteiger partial charge in [0.1, 0.15) is 0 Å². The van der Waals surface area contributed by atoms with Crippen LogP contribution in [-0.2, 0) is 6.42 Å². The fourth-order valence-electron chi connectivity index (χ4n) is 2.86. The van der Waals surface area contributed by atoms with E-state index >= 15 is 0 Å². The molecule has 140 valence electrons. The first-order chi connectivity index (χ1) is 12.5. The number of anilines is 1. The lowest BCUT2D eigenvalue weighted by atomic mass is 9.98. The van der Waals surface area contributed by atoms with E-state index in [2.05, 4.69) is 30.5 Å². The number of hydrogen-bond acceptors (Lipinski definition) is 3. The van der Waals surface area contributed by atoms with Gasteiger partial charge < -0.3 is 20.1 Å². The van der Waals surface area contributed by atoms with Crippen molar-refractivity contribution in [3.8, 4) is 11.5 Å². The van der Waals surface area contributed by atoms with Gasteiger partial charge in [0.2, 0.25) is 0 Å². The molecule has 0 spiro atoms. The normalized spacial score (nSPS) is 10.5. The predicted molar refractivity (Wildman–Crippen MR) is 106 cm³/mol. The molecule has 2 aromatic carbocycles. The second-order valence-electron chi connectivity index (χ2n) is 6.51. The number of rotatable bonds is 7. The summed E-state index contributed by atoms with van der Waals surface area (Å²) in [6, 6.07) is 11.7. The van der Waals surface area contributed by atoms with Crippen molar-refractivity contribution >= 4 is 11.7 Å². The fourth-order valence-corrected chi connectivity index (χ4v) is 2.86. The molecule has 5 heteroatoms. The van der Waals surface area contributed by atoms with Gasteiger partial charge in [0.15, 0.2) is 11.5 Å². The summed E-state index contributed by atoms with van der Waals surface area (Å²) >= 11 is 0. The van der Waals surface area contributed by atoms with Crippen molar-refractivity contribution in [3.63, 3.8) is 0 Å². The smallest absolute Gasteiger partial charge is 0.319 e. The molecule has 0 aromatic heterocycles. The molecule has 2 N–H and O–H groups in total. The van der Waals surface area contributed by atoms with Crippen LogP contribution in [0.4, 0.5) is 10.5 Å². The Bertz CT molecular complexity index is 757. The van der Waals surface area contributed by atoms with Crippen molar-refractivity contribution in [2.75, 3.05) is 26.1 Å². The second-order valence-corrected chi connectivity index (χ2v) is 6.51. The molecule has 0 unspecified atom stereocenters. The van der Waals surface area contributed by atoms with Crippen LogP contribution < -0.4 is 20.1 Å². The number of urea groups is 1. The summed E-state index contributed by atoms with van der Waals surface area (Å²) in [5, 5.41) is 5.91. The Hall–Kier alpha value is -2.69. The van der Waals surface area contributed by atoms with Gasteiger partial charge in [-0.3, -0.25) is 0 Å². The van der Waals surface area contributed by atoms with Crippen LogP contribution >= 0.6 is 0 Å². The van der Waals surface area contributed by atoms with E-state index in [9.17, 15) is 4.79 Å². The molecule has 0 aliphatic rings. The van der Waals surface area contributed by atoms with Crippen molar-refractivity contribution in [2.24, 2.45) is 0 Å². The summed E-state index contributed by atoms with van der Waals surface area (Å²) in [6.07, 6.45) is 0.707. The van der Waals surface area contributed by atoms with Crippen molar-refractivity contribution in [3.05, 3.63) is 53.1 Å². The van der Waals surface area contributed by atoms with Gasteiger partial charge in [-0.2, -0.15) is 0 Å². The highest BCUT2D eigenvalue weighted by Gasteiger charge is 2.12. The molecule has 0 saturated carbocycles. The standard InChI is InChI=1S/C21H28N2O3/c1-14(2)17-8-6-7-15(3)20(17)23-21(24)22-12-11-16-9-10-18(25-4)19(13-16)26-5/h6-10,13-14H,11-12H2,1-5H3,(H2,22,23,24). The van der Waals surface area contributed by atoms with Crippen LogP contribution in [0, 0.1) is 6.92 Å². The maximum atomic E-state index is 12.3. The topological polar surface area (TPSA) is 59.6 Å². The number of nitrogens with one attached hydrogen (secondary N) is 2. The zero-order valence-electron chi connectivity index (χ0n) is 16.2. The first kappa shape index (κ1) is 19.6. The molecule has 5 nitrogen and oxygen atoms in total. The molecular weight excluding hydrogens is 328 g/mol. The lowest BCUT2D eigenvalue weighted by molar-refractivity contribution is 0.252. The predicted octanol–water partition coefficient (Wildman–Crippen LogP) is 4.50. The van der Waals surface area contributed by atoms with E-state index in [1.165, 1.54) is 0 Å². The average molecular weight is 356 g/mol. The van der Waals surface area contributed by atoms with Crippen LogP contribution in [0.5, 0.6) is 11.5 Å². The van der Waals surface area contributed by atoms with Crippen molar-refractivity contribution in [1.29, 1.82) is 0 Å². The molecule has 0 aliphatic carbocycles. The Morgan fingerprint density at radius 3 is 2.46 bits per heavy atom. The number of aryl methyl sites for hydroxylation is 1. The highest BCUT2D eigenvalue weighted by molar-refractivity contribution is 5.91. The van der Waals surface area contributed by atoms with E-state index in [0.717, 1.165) is 22.4 Å². The third-order valence-electron chi connectivity index (χ3n) is 4.31. The van der Waals surface area contributed by atoms with Gasteiger partial charge in [0, 0.05) is 12.2 Å². The number of carbonyl (C=O) groups is 1.